The van der Waals surface area contributed by atoms with E-state index in [1.54, 1.807) is 24.3 Å². The summed E-state index contributed by atoms with van der Waals surface area (Å²) in [6, 6.07) is 57.0. The fourth-order valence-electron chi connectivity index (χ4n) is 11.7. The van der Waals surface area contributed by atoms with Crippen LogP contribution in [0, 0.1) is 39.4 Å². The van der Waals surface area contributed by atoms with Gasteiger partial charge in [-0.15, -0.1) is 11.8 Å². The van der Waals surface area contributed by atoms with Crippen molar-refractivity contribution in [2.75, 3.05) is 37.5 Å². The van der Waals surface area contributed by atoms with Crippen LogP contribution in [0.3, 0.4) is 0 Å². The fourth-order valence-corrected chi connectivity index (χ4v) is 12.7. The van der Waals surface area contributed by atoms with Gasteiger partial charge in [-0.05, 0) is 126 Å². The van der Waals surface area contributed by atoms with Gasteiger partial charge in [-0.2, -0.15) is 29.0 Å². The second kappa shape index (κ2) is 26.1. The van der Waals surface area contributed by atoms with Gasteiger partial charge in [0.15, 0.2) is 11.3 Å². The number of carbonyl (C=O) groups excluding carboxylic acids is 2. The minimum atomic E-state index is -5.15. The topological polar surface area (TPSA) is 136 Å². The van der Waals surface area contributed by atoms with Gasteiger partial charge >= 0.3 is 18.1 Å². The van der Waals surface area contributed by atoms with Crippen LogP contribution in [-0.4, -0.2) is 50.7 Å². The second-order valence-corrected chi connectivity index (χ2v) is 23.2. The number of alkyl halides is 3. The summed E-state index contributed by atoms with van der Waals surface area (Å²) < 4.78 is 64.4. The van der Waals surface area contributed by atoms with Gasteiger partial charge in [0.1, 0.15) is 37.0 Å². The third kappa shape index (κ3) is 12.9. The van der Waals surface area contributed by atoms with Crippen molar-refractivity contribution in [2.24, 2.45) is 5.41 Å². The van der Waals surface area contributed by atoms with E-state index in [0.29, 0.717) is 38.0 Å². The summed E-state index contributed by atoms with van der Waals surface area (Å²) in [5, 5.41) is 38.9. The first-order valence-corrected chi connectivity index (χ1v) is 29.4. The predicted molar refractivity (Wildman–Crippen MR) is 336 cm³/mol. The number of ether oxygens (including phenoxy) is 3. The Morgan fingerprint density at radius 2 is 1.17 bits per heavy atom. The van der Waals surface area contributed by atoms with E-state index in [9.17, 15) is 25.4 Å². The molecule has 0 radical (unpaired) electrons. The average molecular weight is 1160 g/mol. The molecule has 0 N–H and O–H groups in total. The molecule has 1 unspecified atom stereocenters. The van der Waals surface area contributed by atoms with E-state index in [0.717, 1.165) is 81.5 Å². The number of hydrogen-bond acceptors (Lipinski definition) is 10. The van der Waals surface area contributed by atoms with Gasteiger partial charge in [0, 0.05) is 47.4 Å². The van der Waals surface area contributed by atoms with Crippen molar-refractivity contribution in [1.29, 1.82) is 15.8 Å². The summed E-state index contributed by atoms with van der Waals surface area (Å²) >= 11 is 1.48. The van der Waals surface area contributed by atoms with Crippen molar-refractivity contribution in [2.45, 2.75) is 64.1 Å². The van der Waals surface area contributed by atoms with E-state index in [4.69, 9.17) is 14.2 Å². The van der Waals surface area contributed by atoms with Gasteiger partial charge in [-0.1, -0.05) is 184 Å². The number of anilines is 1. The van der Waals surface area contributed by atoms with E-state index in [1.807, 2.05) is 103 Å². The Morgan fingerprint density at radius 1 is 0.663 bits per heavy atom. The van der Waals surface area contributed by atoms with Crippen molar-refractivity contribution >= 4 is 78.6 Å². The van der Waals surface area contributed by atoms with Crippen LogP contribution in [0.5, 0.6) is 0 Å². The number of aryl methyl sites for hydroxylation is 2. The zero-order valence-corrected chi connectivity index (χ0v) is 48.7. The Hall–Kier alpha value is -9.61. The van der Waals surface area contributed by atoms with Gasteiger partial charge in [0.2, 0.25) is 0 Å². The van der Waals surface area contributed by atoms with Gasteiger partial charge in [0.25, 0.3) is 5.60 Å². The Kier molecular flexibility index (Phi) is 18.1. The third-order valence-electron chi connectivity index (χ3n) is 15.8. The van der Waals surface area contributed by atoms with Gasteiger partial charge in [-0.3, -0.25) is 9.59 Å². The van der Waals surface area contributed by atoms with Crippen molar-refractivity contribution in [1.82, 2.24) is 0 Å². The molecule has 0 amide bonds. The summed E-state index contributed by atoms with van der Waals surface area (Å²) in [7, 11) is 1.94. The molecule has 86 heavy (non-hydrogen) atoms. The highest BCUT2D eigenvalue weighted by atomic mass is 32.2. The summed E-state index contributed by atoms with van der Waals surface area (Å²) in [5.41, 5.74) is 0.0388. The van der Waals surface area contributed by atoms with Crippen molar-refractivity contribution in [3.8, 4) is 18.2 Å². The van der Waals surface area contributed by atoms with Crippen LogP contribution in [0.4, 0.5) is 18.9 Å². The maximum Gasteiger partial charge on any atom is 0.437 e. The Morgan fingerprint density at radius 3 is 1.69 bits per heavy atom. The highest BCUT2D eigenvalue weighted by Crippen LogP contribution is 2.56. The van der Waals surface area contributed by atoms with Gasteiger partial charge < -0.3 is 19.1 Å². The molecular formula is C73H61F3N4O5S. The van der Waals surface area contributed by atoms with E-state index >= 15 is 13.2 Å². The van der Waals surface area contributed by atoms with Crippen molar-refractivity contribution < 1.29 is 37.0 Å². The first kappa shape index (κ1) is 59.5. The van der Waals surface area contributed by atoms with Crippen molar-refractivity contribution in [3.05, 3.63) is 249 Å². The monoisotopic (exact) mass is 1160 g/mol. The number of likely N-dealkylation sites (N-methyl/N-ethyl adjacent to an activating group) is 1. The van der Waals surface area contributed by atoms with E-state index in [-0.39, 0.29) is 49.0 Å². The number of hydrogen-bond donors (Lipinski definition) is 0. The molecule has 1 aliphatic carbocycles. The fraction of sp³-hybridized carbons (Fsp3) is 0.219. The molecule has 0 spiro atoms. The molecule has 1 heterocycles. The Labute approximate surface area is 502 Å². The van der Waals surface area contributed by atoms with Gasteiger partial charge in [-0.25, -0.2) is 0 Å². The minimum Gasteiger partial charge on any atom is -0.465 e. The zero-order chi connectivity index (χ0) is 60.4. The molecule has 0 saturated carbocycles. The Balaban J connectivity index is 0.878. The normalized spacial score (nSPS) is 16.5. The average Bonchev–Trinajstić information content (AvgIpc) is 1.57. The number of benzene rings is 8. The molecule has 9 nitrogen and oxygen atoms in total. The lowest BCUT2D eigenvalue weighted by atomic mass is 9.74. The molecule has 1 aliphatic heterocycles. The summed E-state index contributed by atoms with van der Waals surface area (Å²) in [6.45, 7) is 5.02. The molecule has 1 atom stereocenters. The molecular weight excluding hydrogens is 1100 g/mol. The van der Waals surface area contributed by atoms with Crippen LogP contribution >= 0.6 is 11.8 Å². The van der Waals surface area contributed by atoms with E-state index < -0.39 is 34.3 Å². The maximum atomic E-state index is 15.7. The molecule has 0 fully saturated rings. The summed E-state index contributed by atoms with van der Waals surface area (Å²) in [5.74, 6) is -0.972. The van der Waals surface area contributed by atoms with Crippen molar-refractivity contribution in [3.63, 3.8) is 0 Å². The Bertz CT molecular complexity index is 4130. The molecule has 8 aromatic carbocycles. The third-order valence-corrected chi connectivity index (χ3v) is 17.0. The SMILES string of the molecule is CN(CCOC(=O)CCc1c2ccccc2cc2ccccc12)c1ccc(/C=C/C2=C(SCCOC(=O)CCc3c4ccccc4cc4ccccc34)C(=C/C=C/C3=C(C#N)C(=C(C#N)C#N)OC3(c3ccccc3)C(F)(F)F)/CC(C)(C)C2)cc1. The molecule has 0 bridgehead atoms. The first-order chi connectivity index (χ1) is 41.6. The lowest BCUT2D eigenvalue weighted by molar-refractivity contribution is -0.249. The van der Waals surface area contributed by atoms with Crippen LogP contribution in [0.2, 0.25) is 0 Å². The predicted octanol–water partition coefficient (Wildman–Crippen LogP) is 17.0. The molecule has 10 rings (SSSR count). The zero-order valence-electron chi connectivity index (χ0n) is 47.9. The molecule has 13 heteroatoms. The van der Waals surface area contributed by atoms with Crippen LogP contribution in [0.25, 0.3) is 49.2 Å². The smallest absolute Gasteiger partial charge is 0.437 e. The molecule has 0 saturated heterocycles. The highest BCUT2D eigenvalue weighted by Gasteiger charge is 2.65. The summed E-state index contributed by atoms with van der Waals surface area (Å²) in [4.78, 5) is 29.5. The molecule has 2 aliphatic rings. The number of allylic oxidation sites excluding steroid dienone is 7. The maximum absolute atomic E-state index is 15.7. The standard InChI is InChI=1S/C73H61F3N4O5S/c1-71(2)44-54(20-15-27-66-65(48-79)69(56(46-77)47-78)85-72(66,73(74,75)76)57-21-5-4-6-22-57)70(86-41-40-84-68(82)37-35-64-61-25-13-9-18-52(61)43-53-19-10-14-26-62(53)64)55(45-71)31-28-49-29-32-58(33-30-49)80(3)38-39-83-67(81)36-34-63-59-23-11-7-16-50(59)42-51-17-8-12-24-60(51)63/h4-33,42-43H,34-41,44-45H2,1-3H3/b27-15+,31-28+,54-20+. The minimum absolute atomic E-state index is 0.0969. The number of carbonyl (C=O) groups is 2. The number of halogens is 3. The lowest BCUT2D eigenvalue weighted by Crippen LogP contribution is -2.43. The number of nitriles is 3. The number of thioether (sulfide) groups is 1. The quantitative estimate of drug-likeness (QED) is 0.0333. The van der Waals surface area contributed by atoms with Gasteiger partial charge in [0.05, 0.1) is 6.54 Å². The highest BCUT2D eigenvalue weighted by molar-refractivity contribution is 8.03. The number of nitrogens with zero attached hydrogens (tertiary/aromatic N) is 4. The lowest BCUT2D eigenvalue weighted by Gasteiger charge is -2.34. The largest absolute Gasteiger partial charge is 0.465 e. The van der Waals surface area contributed by atoms with Crippen LogP contribution in [0.1, 0.15) is 61.8 Å². The number of rotatable bonds is 19. The first-order valence-electron chi connectivity index (χ1n) is 28.4. The van der Waals surface area contributed by atoms with Crippen LogP contribution in [-0.2, 0) is 42.2 Å². The second-order valence-electron chi connectivity index (χ2n) is 22.1. The molecule has 8 aromatic rings. The number of fused-ring (bicyclic) bond motifs is 4. The van der Waals surface area contributed by atoms with Crippen LogP contribution in [0.15, 0.2) is 227 Å². The van der Waals surface area contributed by atoms with E-state index in [1.165, 1.54) is 48.2 Å². The number of esters is 2. The van der Waals surface area contributed by atoms with E-state index in [2.05, 4.69) is 74.5 Å². The van der Waals surface area contributed by atoms with Crippen LogP contribution < -0.4 is 4.90 Å². The molecule has 430 valence electrons. The molecule has 0 aromatic heterocycles. The summed E-state index contributed by atoms with van der Waals surface area (Å²) in [6.07, 6.45) is 5.93.